The van der Waals surface area contributed by atoms with Crippen molar-refractivity contribution >= 4 is 27.8 Å². The molecule has 5 rings (SSSR count). The number of halogens is 2. The zero-order valence-corrected chi connectivity index (χ0v) is 18.2. The largest absolute Gasteiger partial charge is 0.481 e. The van der Waals surface area contributed by atoms with Crippen molar-refractivity contribution in [1.82, 2.24) is 14.8 Å². The molecule has 1 unspecified atom stereocenters. The molecule has 1 aliphatic carbocycles. The Morgan fingerprint density at radius 1 is 1.25 bits per heavy atom. The van der Waals surface area contributed by atoms with Gasteiger partial charge in [-0.25, -0.2) is 8.78 Å². The van der Waals surface area contributed by atoms with Crippen LogP contribution in [0.25, 0.3) is 27.5 Å². The minimum Gasteiger partial charge on any atom is -0.481 e. The van der Waals surface area contributed by atoms with Gasteiger partial charge in [-0.05, 0) is 73.4 Å². The summed E-state index contributed by atoms with van der Waals surface area (Å²) in [5, 5.41) is 17.5. The summed E-state index contributed by atoms with van der Waals surface area (Å²) < 4.78 is 32.0. The van der Waals surface area contributed by atoms with Crippen molar-refractivity contribution in [3.63, 3.8) is 0 Å². The van der Waals surface area contributed by atoms with Crippen LogP contribution in [-0.2, 0) is 4.79 Å². The van der Waals surface area contributed by atoms with Gasteiger partial charge in [-0.2, -0.15) is 5.10 Å². The van der Waals surface area contributed by atoms with Gasteiger partial charge in [-0.1, -0.05) is 13.8 Å². The molecule has 166 valence electrons. The van der Waals surface area contributed by atoms with Gasteiger partial charge in [-0.3, -0.25) is 9.89 Å². The summed E-state index contributed by atoms with van der Waals surface area (Å²) in [4.78, 5) is 11.6. The highest BCUT2D eigenvalue weighted by molar-refractivity contribution is 6.00. The number of rotatable bonds is 4. The van der Waals surface area contributed by atoms with E-state index in [4.69, 9.17) is 0 Å². The second-order valence-corrected chi connectivity index (χ2v) is 9.19. The molecule has 5 nitrogen and oxygen atoms in total. The van der Waals surface area contributed by atoms with Crippen LogP contribution in [0.4, 0.5) is 8.78 Å². The number of aryl methyl sites for hydroxylation is 1. The maximum Gasteiger partial charge on any atom is 0.306 e. The van der Waals surface area contributed by atoms with Crippen LogP contribution in [0.1, 0.15) is 61.8 Å². The zero-order valence-electron chi connectivity index (χ0n) is 18.2. The quantitative estimate of drug-likeness (QED) is 0.400. The number of benzene rings is 2. The van der Waals surface area contributed by atoms with Crippen molar-refractivity contribution in [2.45, 2.75) is 51.9 Å². The topological polar surface area (TPSA) is 70.9 Å². The van der Waals surface area contributed by atoms with Crippen LogP contribution >= 0.6 is 0 Å². The van der Waals surface area contributed by atoms with Crippen molar-refractivity contribution in [1.29, 1.82) is 0 Å². The molecule has 0 amide bonds. The third-order valence-corrected chi connectivity index (χ3v) is 6.82. The van der Waals surface area contributed by atoms with E-state index in [2.05, 4.69) is 24.0 Å². The second kappa shape index (κ2) is 7.43. The molecule has 4 aromatic rings. The van der Waals surface area contributed by atoms with E-state index in [9.17, 15) is 14.3 Å². The molecule has 2 atom stereocenters. The number of aliphatic carboxylic acids is 1. The number of fused-ring (bicyclic) bond motifs is 2. The maximum absolute atomic E-state index is 15.9. The number of aromatic amines is 1. The molecule has 0 aliphatic heterocycles. The highest BCUT2D eigenvalue weighted by Gasteiger charge is 2.36. The van der Waals surface area contributed by atoms with Crippen molar-refractivity contribution in [3.05, 3.63) is 58.9 Å². The predicted octanol–water partition coefficient (Wildman–Crippen LogP) is 6.19. The van der Waals surface area contributed by atoms with E-state index < -0.39 is 11.9 Å². The van der Waals surface area contributed by atoms with Crippen LogP contribution in [0.5, 0.6) is 0 Å². The Morgan fingerprint density at radius 3 is 2.69 bits per heavy atom. The number of H-pyrrole nitrogens is 1. The first-order chi connectivity index (χ1) is 15.3. The van der Waals surface area contributed by atoms with E-state index in [0.717, 1.165) is 16.9 Å². The fourth-order valence-corrected chi connectivity index (χ4v) is 5.35. The summed E-state index contributed by atoms with van der Waals surface area (Å²) in [6.07, 6.45) is 3.35. The van der Waals surface area contributed by atoms with Gasteiger partial charge in [0.25, 0.3) is 0 Å². The van der Waals surface area contributed by atoms with Crippen LogP contribution in [0, 0.1) is 24.5 Å². The fraction of sp³-hybridized carbons (Fsp3) is 0.360. The number of aromatic nitrogens is 3. The number of carbonyl (C=O) groups is 1. The zero-order chi connectivity index (χ0) is 22.7. The smallest absolute Gasteiger partial charge is 0.306 e. The van der Waals surface area contributed by atoms with E-state index >= 15 is 4.39 Å². The summed E-state index contributed by atoms with van der Waals surface area (Å²) in [6, 6.07) is 6.83. The van der Waals surface area contributed by atoms with Gasteiger partial charge >= 0.3 is 5.97 Å². The Balaban J connectivity index is 1.88. The normalized spacial score (nSPS) is 18.9. The minimum absolute atomic E-state index is 0.0440. The molecule has 1 saturated carbocycles. The molecule has 0 saturated heterocycles. The molecule has 0 radical (unpaired) electrons. The Kier molecular flexibility index (Phi) is 4.80. The average molecular weight is 437 g/mol. The number of carboxylic acid groups (broad SMARTS) is 1. The van der Waals surface area contributed by atoms with Gasteiger partial charge in [0.2, 0.25) is 0 Å². The second-order valence-electron chi connectivity index (χ2n) is 9.19. The van der Waals surface area contributed by atoms with Gasteiger partial charge in [0.15, 0.2) is 5.82 Å². The van der Waals surface area contributed by atoms with E-state index in [0.29, 0.717) is 46.6 Å². The van der Waals surface area contributed by atoms with Crippen LogP contribution in [0.15, 0.2) is 30.5 Å². The summed E-state index contributed by atoms with van der Waals surface area (Å²) in [6.45, 7) is 5.82. The molecule has 7 heteroatoms. The van der Waals surface area contributed by atoms with Gasteiger partial charge in [0.05, 0.1) is 17.6 Å². The lowest BCUT2D eigenvalue weighted by molar-refractivity contribution is -0.141. The van der Waals surface area contributed by atoms with Crippen molar-refractivity contribution in [3.8, 4) is 5.69 Å². The highest BCUT2D eigenvalue weighted by Crippen LogP contribution is 2.48. The lowest BCUT2D eigenvalue weighted by Gasteiger charge is -2.19. The molecule has 2 aromatic heterocycles. The van der Waals surface area contributed by atoms with Crippen LogP contribution in [-0.4, -0.2) is 25.8 Å². The van der Waals surface area contributed by atoms with Crippen LogP contribution in [0.3, 0.4) is 0 Å². The first kappa shape index (κ1) is 20.7. The Labute approximate surface area is 184 Å². The van der Waals surface area contributed by atoms with Gasteiger partial charge < -0.3 is 9.67 Å². The molecular formula is C25H25F2N3O2. The Bertz CT molecular complexity index is 1370. The molecule has 32 heavy (non-hydrogen) atoms. The molecular weight excluding hydrogens is 412 g/mol. The van der Waals surface area contributed by atoms with E-state index in [-0.39, 0.29) is 23.5 Å². The van der Waals surface area contributed by atoms with Gasteiger partial charge in [-0.15, -0.1) is 0 Å². The number of hydrogen-bond donors (Lipinski definition) is 2. The van der Waals surface area contributed by atoms with Crippen molar-refractivity contribution in [2.24, 2.45) is 5.92 Å². The molecule has 0 bridgehead atoms. The number of nitrogens with one attached hydrogen (secondary N) is 1. The van der Waals surface area contributed by atoms with Crippen molar-refractivity contribution in [2.75, 3.05) is 0 Å². The lowest BCUT2D eigenvalue weighted by Crippen LogP contribution is -2.10. The summed E-state index contributed by atoms with van der Waals surface area (Å²) >= 11 is 0. The third-order valence-electron chi connectivity index (χ3n) is 6.82. The molecule has 2 N–H and O–H groups in total. The van der Waals surface area contributed by atoms with E-state index in [1.807, 2.05) is 10.6 Å². The molecule has 1 fully saturated rings. The SMILES string of the molecule is Cc1cc(-n2c(C(C)C)c([C@@H]3CCC(C(=O)O)C3)c3c(F)c4[nH]ncc4cc32)ccc1F. The number of nitrogens with zero attached hydrogens (tertiary/aromatic N) is 2. The maximum atomic E-state index is 15.9. The number of hydrogen-bond acceptors (Lipinski definition) is 2. The summed E-state index contributed by atoms with van der Waals surface area (Å²) in [7, 11) is 0. The molecule has 2 aromatic carbocycles. The fourth-order valence-electron chi connectivity index (χ4n) is 5.35. The highest BCUT2D eigenvalue weighted by atomic mass is 19.1. The first-order valence-corrected chi connectivity index (χ1v) is 11.0. The standard InChI is InChI=1S/C25H25F2N3O2/c1-12(2)24-20(14-4-5-15(9-14)25(31)32)21-19(10-16-11-28-29-23(16)22(21)27)30(24)17-6-7-18(26)13(3)8-17/h6-8,10-12,14-15H,4-5,9H2,1-3H3,(H,28,29)(H,31,32)/t14-,15?/m1/s1. The van der Waals surface area contributed by atoms with E-state index in [1.165, 1.54) is 6.07 Å². The number of carboxylic acids is 1. The third kappa shape index (κ3) is 3.02. The first-order valence-electron chi connectivity index (χ1n) is 11.0. The van der Waals surface area contributed by atoms with Gasteiger partial charge in [0, 0.05) is 22.2 Å². The molecule has 2 heterocycles. The minimum atomic E-state index is -0.798. The lowest BCUT2D eigenvalue weighted by atomic mass is 9.89. The van der Waals surface area contributed by atoms with Crippen LogP contribution < -0.4 is 0 Å². The monoisotopic (exact) mass is 437 g/mol. The van der Waals surface area contributed by atoms with E-state index in [1.54, 1.807) is 25.3 Å². The summed E-state index contributed by atoms with van der Waals surface area (Å²) in [5.41, 5.74) is 4.13. The van der Waals surface area contributed by atoms with Crippen molar-refractivity contribution < 1.29 is 18.7 Å². The predicted molar refractivity (Wildman–Crippen MR) is 119 cm³/mol. The Hall–Kier alpha value is -3.22. The molecule has 0 spiro atoms. The Morgan fingerprint density at radius 2 is 2.03 bits per heavy atom. The average Bonchev–Trinajstić information content (AvgIpc) is 3.46. The molecule has 1 aliphatic rings. The van der Waals surface area contributed by atoms with Crippen LogP contribution in [0.2, 0.25) is 0 Å². The summed E-state index contributed by atoms with van der Waals surface area (Å²) in [5.74, 6) is -1.90. The van der Waals surface area contributed by atoms with Gasteiger partial charge in [0.1, 0.15) is 11.3 Å².